The van der Waals surface area contributed by atoms with Crippen molar-refractivity contribution in [2.45, 2.75) is 38.3 Å². The Labute approximate surface area is 315 Å². The van der Waals surface area contributed by atoms with Gasteiger partial charge >= 0.3 is 5.97 Å². The van der Waals surface area contributed by atoms with Crippen molar-refractivity contribution >= 4 is 21.9 Å². The summed E-state index contributed by atoms with van der Waals surface area (Å²) in [5.41, 5.74) is 7.42. The Hall–Kier alpha value is -6.13. The van der Waals surface area contributed by atoms with Crippen LogP contribution >= 0.6 is 15.9 Å². The van der Waals surface area contributed by atoms with Gasteiger partial charge in [0.25, 0.3) is 0 Å². The number of tetrazole rings is 1. The number of hydrogen-bond acceptors (Lipinski definition) is 6. The third-order valence-corrected chi connectivity index (χ3v) is 10.6. The minimum absolute atomic E-state index is 0.144. The van der Waals surface area contributed by atoms with Crippen LogP contribution in [-0.4, -0.2) is 40.8 Å². The molecule has 4 aromatic carbocycles. The molecule has 0 saturated heterocycles. The third kappa shape index (κ3) is 5.94. The molecule has 0 saturated carbocycles. The highest BCUT2D eigenvalue weighted by molar-refractivity contribution is 9.10. The second-order valence-electron chi connectivity index (χ2n) is 12.9. The number of carboxylic acids is 1. The quantitative estimate of drug-likeness (QED) is 0.123. The summed E-state index contributed by atoms with van der Waals surface area (Å²) in [5, 5.41) is 25.0. The van der Waals surface area contributed by atoms with Crippen molar-refractivity contribution in [2.24, 2.45) is 0 Å². The highest BCUT2D eigenvalue weighted by Crippen LogP contribution is 2.49. The number of nitrogens with zero attached hydrogens (tertiary/aromatic N) is 6. The lowest BCUT2D eigenvalue weighted by Crippen LogP contribution is -2.39. The molecule has 0 fully saturated rings. The van der Waals surface area contributed by atoms with Crippen molar-refractivity contribution in [3.8, 4) is 33.6 Å². The number of aryl methyl sites for hydroxylation is 1. The lowest BCUT2D eigenvalue weighted by Gasteiger charge is -2.34. The maximum absolute atomic E-state index is 12.4. The van der Waals surface area contributed by atoms with Crippen molar-refractivity contribution in [3.05, 3.63) is 178 Å². The fourth-order valence-corrected chi connectivity index (χ4v) is 8.11. The minimum atomic E-state index is -1.02. The van der Waals surface area contributed by atoms with Gasteiger partial charge < -0.3 is 14.1 Å². The monoisotopic (exact) mass is 762 g/mol. The molecule has 0 unspecified atom stereocenters. The molecule has 1 aliphatic carbocycles. The van der Waals surface area contributed by atoms with Gasteiger partial charge in [0.05, 0.1) is 25.3 Å². The van der Waals surface area contributed by atoms with E-state index in [2.05, 4.69) is 64.2 Å². The van der Waals surface area contributed by atoms with Gasteiger partial charge in [-0.1, -0.05) is 129 Å². The van der Waals surface area contributed by atoms with Gasteiger partial charge in [-0.05, 0) is 67.0 Å². The van der Waals surface area contributed by atoms with E-state index in [4.69, 9.17) is 19.8 Å². The highest BCUT2D eigenvalue weighted by atomic mass is 79.9. The van der Waals surface area contributed by atoms with Gasteiger partial charge in [0, 0.05) is 27.6 Å². The van der Waals surface area contributed by atoms with E-state index in [1.807, 2.05) is 89.5 Å². The molecule has 0 radical (unpaired) electrons. The molecule has 1 N–H and O–H groups in total. The first-order chi connectivity index (χ1) is 26.0. The zero-order valence-corrected chi connectivity index (χ0v) is 30.5. The van der Waals surface area contributed by atoms with E-state index in [9.17, 15) is 9.90 Å². The van der Waals surface area contributed by atoms with E-state index in [-0.39, 0.29) is 12.2 Å². The molecule has 10 heteroatoms. The van der Waals surface area contributed by atoms with E-state index < -0.39 is 11.5 Å². The second kappa shape index (κ2) is 14.5. The van der Waals surface area contributed by atoms with Crippen LogP contribution in [0.1, 0.15) is 58.3 Å². The molecule has 8 rings (SSSR count). The van der Waals surface area contributed by atoms with Gasteiger partial charge in [-0.15, -0.1) is 15.0 Å². The number of hydrogen-bond donors (Lipinski definition) is 1. The standard InChI is InChI=1S/C43H35BrN6O3/c1-2-3-23-38-45-26-37(42(51)52)49(38)27-35-32-24-25-53-28-36(32)40(44)39(35)33-21-13-14-22-34(33)41-46-48-50(47-41)43(29-15-7-4-8-16-29,30-17-9-5-10-18-30)31-19-11-6-12-20-31/h4-22,24-26,28H,2-3,23,27H2,1H3,(H,51,52). The van der Waals surface area contributed by atoms with Gasteiger partial charge in [0.15, 0.2) is 5.54 Å². The Morgan fingerprint density at radius 1 is 0.792 bits per heavy atom. The zero-order chi connectivity index (χ0) is 36.4. The number of aromatic nitrogens is 6. The molecule has 262 valence electrons. The summed E-state index contributed by atoms with van der Waals surface area (Å²) >= 11 is 3.92. The summed E-state index contributed by atoms with van der Waals surface area (Å²) in [7, 11) is 0. The van der Waals surface area contributed by atoms with E-state index in [0.717, 1.165) is 73.2 Å². The van der Waals surface area contributed by atoms with Crippen LogP contribution < -0.4 is 0 Å². The molecule has 0 bridgehead atoms. The molecular weight excluding hydrogens is 728 g/mol. The first-order valence-corrected chi connectivity index (χ1v) is 18.3. The summed E-state index contributed by atoms with van der Waals surface area (Å²) in [5.74, 6) is 0.156. The number of unbranched alkanes of at least 4 members (excludes halogenated alkanes) is 1. The van der Waals surface area contributed by atoms with Crippen molar-refractivity contribution in [1.29, 1.82) is 0 Å². The largest absolute Gasteiger partial charge is 0.477 e. The Kier molecular flexibility index (Phi) is 9.28. The normalized spacial score (nSPS) is 11.7. The molecule has 6 aromatic rings. The molecule has 2 aromatic heterocycles. The van der Waals surface area contributed by atoms with Crippen LogP contribution in [0.25, 0.3) is 33.6 Å². The number of fused-ring (bicyclic) bond motifs is 1. The van der Waals surface area contributed by atoms with Gasteiger partial charge in [0.1, 0.15) is 11.5 Å². The van der Waals surface area contributed by atoms with Crippen LogP contribution in [0.3, 0.4) is 0 Å². The van der Waals surface area contributed by atoms with E-state index in [1.165, 1.54) is 6.20 Å². The summed E-state index contributed by atoms with van der Waals surface area (Å²) < 4.78 is 8.29. The minimum Gasteiger partial charge on any atom is -0.477 e. The average Bonchev–Trinajstić information content (AvgIpc) is 3.93. The molecule has 9 nitrogen and oxygen atoms in total. The third-order valence-electron chi connectivity index (χ3n) is 9.83. The maximum Gasteiger partial charge on any atom is 0.354 e. The number of halogens is 1. The first kappa shape index (κ1) is 34.0. The van der Waals surface area contributed by atoms with Crippen LogP contribution in [0.15, 0.2) is 149 Å². The number of aromatic carboxylic acids is 1. The second-order valence-corrected chi connectivity index (χ2v) is 13.7. The molecule has 0 amide bonds. The number of rotatable bonds is 12. The number of carboxylic acid groups (broad SMARTS) is 1. The topological polar surface area (TPSA) is 112 Å². The van der Waals surface area contributed by atoms with Crippen LogP contribution in [0.5, 0.6) is 0 Å². The van der Waals surface area contributed by atoms with E-state index >= 15 is 0 Å². The Morgan fingerprint density at radius 3 is 2.00 bits per heavy atom. The number of carbonyl (C=O) groups is 1. The maximum atomic E-state index is 12.4. The molecular formula is C43H35BrN6O3. The predicted molar refractivity (Wildman–Crippen MR) is 207 cm³/mol. The SMILES string of the molecule is CCCCc1ncc(C(=O)O)n1Cc1c2ccocc-2c(Br)c1-c1ccccc1-c1nnn(C(c2ccccc2)(c2ccccc2)c2ccccc2)n1. The van der Waals surface area contributed by atoms with Gasteiger partial charge in [-0.25, -0.2) is 9.78 Å². The highest BCUT2D eigenvalue weighted by Gasteiger charge is 2.41. The van der Waals surface area contributed by atoms with Gasteiger partial charge in [0.2, 0.25) is 5.82 Å². The molecule has 3 heterocycles. The Bertz CT molecular complexity index is 2380. The lowest BCUT2D eigenvalue weighted by molar-refractivity contribution is 0.0685. The molecule has 0 spiro atoms. The molecule has 53 heavy (non-hydrogen) atoms. The fourth-order valence-electron chi connectivity index (χ4n) is 7.35. The molecule has 2 aliphatic rings. The van der Waals surface area contributed by atoms with Gasteiger partial charge in [-0.2, -0.15) is 0 Å². The smallest absolute Gasteiger partial charge is 0.354 e. The predicted octanol–water partition coefficient (Wildman–Crippen LogP) is 9.59. The fraction of sp³-hybridized carbons (Fsp3) is 0.140. The van der Waals surface area contributed by atoms with Crippen LogP contribution in [0.2, 0.25) is 0 Å². The van der Waals surface area contributed by atoms with E-state index in [1.54, 1.807) is 17.3 Å². The van der Waals surface area contributed by atoms with Crippen LogP contribution in [-0.2, 0) is 18.5 Å². The summed E-state index contributed by atoms with van der Waals surface area (Å²) in [6.07, 6.45) is 7.34. The van der Waals surface area contributed by atoms with Crippen molar-refractivity contribution in [3.63, 3.8) is 0 Å². The Morgan fingerprint density at radius 2 is 1.40 bits per heavy atom. The zero-order valence-electron chi connectivity index (χ0n) is 28.9. The van der Waals surface area contributed by atoms with Crippen molar-refractivity contribution < 1.29 is 14.3 Å². The lowest BCUT2D eigenvalue weighted by atomic mass is 9.77. The van der Waals surface area contributed by atoms with Gasteiger partial charge in [-0.3, -0.25) is 0 Å². The summed E-state index contributed by atoms with van der Waals surface area (Å²) in [6, 6.07) is 40.6. The summed E-state index contributed by atoms with van der Waals surface area (Å²) in [4.78, 5) is 18.7. The molecule has 1 aliphatic heterocycles. The number of imidazole rings is 1. The van der Waals surface area contributed by atoms with Crippen molar-refractivity contribution in [2.75, 3.05) is 0 Å². The number of benzene rings is 4. The summed E-state index contributed by atoms with van der Waals surface area (Å²) in [6.45, 7) is 2.40. The van der Waals surface area contributed by atoms with Crippen LogP contribution in [0.4, 0.5) is 0 Å². The van der Waals surface area contributed by atoms with Crippen LogP contribution in [0, 0.1) is 0 Å². The average molecular weight is 764 g/mol. The Balaban J connectivity index is 1.33. The molecule has 0 atom stereocenters. The van der Waals surface area contributed by atoms with Crippen molar-refractivity contribution in [1.82, 2.24) is 29.8 Å². The first-order valence-electron chi connectivity index (χ1n) is 17.5. The van der Waals surface area contributed by atoms with E-state index in [0.29, 0.717) is 12.2 Å².